The van der Waals surface area contributed by atoms with Crippen molar-refractivity contribution < 1.29 is 23.8 Å². The lowest BCUT2D eigenvalue weighted by Gasteiger charge is -2.12. The van der Waals surface area contributed by atoms with Gasteiger partial charge in [0.15, 0.2) is 18.1 Å². The Kier molecular flexibility index (Phi) is 6.36. The minimum absolute atomic E-state index is 0.276. The normalized spacial score (nSPS) is 9.90. The lowest BCUT2D eigenvalue weighted by molar-refractivity contribution is -0.121. The molecule has 0 aliphatic heterocycles. The number of nitrogens with two attached hydrogens (primary N) is 1. The number of amides is 1. The highest BCUT2D eigenvalue weighted by molar-refractivity contribution is 5.91. The first-order valence-corrected chi connectivity index (χ1v) is 6.43. The maximum absolute atomic E-state index is 11.7. The molecule has 110 valence electrons. The van der Waals surface area contributed by atoms with Gasteiger partial charge in [0, 0.05) is 0 Å². The van der Waals surface area contributed by atoms with Gasteiger partial charge in [0.1, 0.15) is 0 Å². The van der Waals surface area contributed by atoms with E-state index in [9.17, 15) is 9.59 Å². The Hall–Kier alpha value is -2.24. The topological polar surface area (TPSA) is 87.9 Å². The first-order valence-electron chi connectivity index (χ1n) is 6.43. The number of benzene rings is 1. The van der Waals surface area contributed by atoms with E-state index < -0.39 is 18.5 Å². The van der Waals surface area contributed by atoms with E-state index in [-0.39, 0.29) is 5.56 Å². The second-order valence-corrected chi connectivity index (χ2v) is 3.99. The van der Waals surface area contributed by atoms with Crippen LogP contribution in [0.3, 0.4) is 0 Å². The summed E-state index contributed by atoms with van der Waals surface area (Å²) >= 11 is 0. The van der Waals surface area contributed by atoms with Crippen LogP contribution in [-0.2, 0) is 9.53 Å². The molecule has 1 aromatic carbocycles. The monoisotopic (exact) mass is 281 g/mol. The fraction of sp³-hybridized carbons (Fsp3) is 0.429. The molecule has 0 radical (unpaired) electrons. The summed E-state index contributed by atoms with van der Waals surface area (Å²) in [7, 11) is 0. The molecule has 0 saturated carbocycles. The van der Waals surface area contributed by atoms with Crippen molar-refractivity contribution in [3.63, 3.8) is 0 Å². The molecule has 2 N–H and O–H groups in total. The molecule has 0 heterocycles. The van der Waals surface area contributed by atoms with E-state index in [0.717, 1.165) is 6.42 Å². The summed E-state index contributed by atoms with van der Waals surface area (Å²) in [6.07, 6.45) is 0.869. The van der Waals surface area contributed by atoms with Crippen LogP contribution in [0, 0.1) is 0 Å². The average molecular weight is 281 g/mol. The summed E-state index contributed by atoms with van der Waals surface area (Å²) in [5.74, 6) is -0.298. The van der Waals surface area contributed by atoms with Crippen LogP contribution < -0.4 is 15.2 Å². The molecule has 0 bridgehead atoms. The van der Waals surface area contributed by atoms with Crippen LogP contribution in [0.2, 0.25) is 0 Å². The summed E-state index contributed by atoms with van der Waals surface area (Å²) < 4.78 is 15.7. The van der Waals surface area contributed by atoms with Gasteiger partial charge in [-0.2, -0.15) is 0 Å². The maximum Gasteiger partial charge on any atom is 0.338 e. The molecule has 1 amide bonds. The molecule has 0 atom stereocenters. The highest BCUT2D eigenvalue weighted by atomic mass is 16.5. The van der Waals surface area contributed by atoms with Crippen molar-refractivity contribution in [2.75, 3.05) is 19.8 Å². The molecule has 0 spiro atoms. The van der Waals surface area contributed by atoms with Gasteiger partial charge >= 0.3 is 5.97 Å². The molecule has 6 nitrogen and oxygen atoms in total. The number of hydrogen-bond donors (Lipinski definition) is 1. The first-order chi connectivity index (χ1) is 9.58. The smallest absolute Gasteiger partial charge is 0.338 e. The van der Waals surface area contributed by atoms with Crippen LogP contribution >= 0.6 is 0 Å². The zero-order chi connectivity index (χ0) is 15.0. The molecule has 1 aromatic rings. The quantitative estimate of drug-likeness (QED) is 0.730. The Morgan fingerprint density at radius 3 is 2.50 bits per heavy atom. The molecular weight excluding hydrogens is 262 g/mol. The van der Waals surface area contributed by atoms with E-state index in [1.807, 2.05) is 13.8 Å². The molecule has 0 aliphatic carbocycles. The Bertz CT molecular complexity index is 473. The van der Waals surface area contributed by atoms with Gasteiger partial charge in [-0.05, 0) is 31.5 Å². The van der Waals surface area contributed by atoms with E-state index in [2.05, 4.69) is 0 Å². The predicted octanol–water partition coefficient (Wildman–Crippen LogP) is 1.52. The minimum Gasteiger partial charge on any atom is -0.490 e. The summed E-state index contributed by atoms with van der Waals surface area (Å²) in [5.41, 5.74) is 5.19. The van der Waals surface area contributed by atoms with Crippen LogP contribution in [-0.4, -0.2) is 31.7 Å². The molecule has 0 aromatic heterocycles. The zero-order valence-electron chi connectivity index (χ0n) is 11.7. The van der Waals surface area contributed by atoms with Crippen LogP contribution in [0.15, 0.2) is 18.2 Å². The van der Waals surface area contributed by atoms with Crippen molar-refractivity contribution in [1.82, 2.24) is 0 Å². The lowest BCUT2D eigenvalue weighted by atomic mass is 10.2. The molecule has 0 unspecified atom stereocenters. The van der Waals surface area contributed by atoms with Crippen molar-refractivity contribution in [2.24, 2.45) is 5.73 Å². The Balaban J connectivity index is 2.85. The molecular formula is C14H19NO5. The van der Waals surface area contributed by atoms with Crippen molar-refractivity contribution in [1.29, 1.82) is 0 Å². The zero-order valence-corrected chi connectivity index (χ0v) is 11.7. The third-order valence-corrected chi connectivity index (χ3v) is 2.29. The molecule has 0 saturated heterocycles. The second kappa shape index (κ2) is 8.04. The van der Waals surface area contributed by atoms with E-state index in [1.165, 1.54) is 6.07 Å². The number of carbonyl (C=O) groups is 2. The highest BCUT2D eigenvalue weighted by Gasteiger charge is 2.13. The molecule has 1 rings (SSSR count). The maximum atomic E-state index is 11.7. The third-order valence-electron chi connectivity index (χ3n) is 2.29. The van der Waals surface area contributed by atoms with Crippen molar-refractivity contribution in [3.8, 4) is 11.5 Å². The van der Waals surface area contributed by atoms with Crippen LogP contribution in [0.25, 0.3) is 0 Å². The standard InChI is InChI=1S/C14H19NO5/c1-3-7-19-11-6-5-10(8-12(11)18-4-2)14(17)20-9-13(15)16/h5-6,8H,3-4,7,9H2,1-2H3,(H2,15,16). The van der Waals surface area contributed by atoms with Gasteiger partial charge in [0.05, 0.1) is 18.8 Å². The predicted molar refractivity (Wildman–Crippen MR) is 72.9 cm³/mol. The van der Waals surface area contributed by atoms with Gasteiger partial charge < -0.3 is 19.9 Å². The number of rotatable bonds is 8. The fourth-order valence-corrected chi connectivity index (χ4v) is 1.45. The number of ether oxygens (including phenoxy) is 3. The number of carbonyl (C=O) groups excluding carboxylic acids is 2. The van der Waals surface area contributed by atoms with Crippen molar-refractivity contribution in [2.45, 2.75) is 20.3 Å². The van der Waals surface area contributed by atoms with Gasteiger partial charge in [-0.3, -0.25) is 4.79 Å². The molecule has 0 aliphatic rings. The lowest BCUT2D eigenvalue weighted by Crippen LogP contribution is -2.20. The van der Waals surface area contributed by atoms with E-state index in [1.54, 1.807) is 12.1 Å². The Labute approximate surface area is 117 Å². The Morgan fingerprint density at radius 1 is 1.15 bits per heavy atom. The van der Waals surface area contributed by atoms with E-state index >= 15 is 0 Å². The van der Waals surface area contributed by atoms with Crippen molar-refractivity contribution in [3.05, 3.63) is 23.8 Å². The minimum atomic E-state index is -0.703. The largest absolute Gasteiger partial charge is 0.490 e. The summed E-state index contributed by atoms with van der Waals surface area (Å²) in [6, 6.07) is 4.72. The number of hydrogen-bond acceptors (Lipinski definition) is 5. The van der Waals surface area contributed by atoms with Gasteiger partial charge in [0.25, 0.3) is 5.91 Å². The van der Waals surface area contributed by atoms with E-state index in [4.69, 9.17) is 19.9 Å². The van der Waals surface area contributed by atoms with Gasteiger partial charge in [-0.1, -0.05) is 6.92 Å². The summed E-state index contributed by atoms with van der Waals surface area (Å²) in [6.45, 7) is 4.39. The fourth-order valence-electron chi connectivity index (χ4n) is 1.45. The summed E-state index contributed by atoms with van der Waals surface area (Å²) in [5, 5.41) is 0. The number of esters is 1. The van der Waals surface area contributed by atoms with Crippen LogP contribution in [0.5, 0.6) is 11.5 Å². The van der Waals surface area contributed by atoms with E-state index in [0.29, 0.717) is 24.7 Å². The van der Waals surface area contributed by atoms with Crippen LogP contribution in [0.1, 0.15) is 30.6 Å². The Morgan fingerprint density at radius 2 is 1.90 bits per heavy atom. The first kappa shape index (κ1) is 15.8. The summed E-state index contributed by atoms with van der Waals surface area (Å²) in [4.78, 5) is 22.3. The van der Waals surface area contributed by atoms with Gasteiger partial charge in [-0.25, -0.2) is 4.79 Å². The number of primary amides is 1. The second-order valence-electron chi connectivity index (χ2n) is 3.99. The highest BCUT2D eigenvalue weighted by Crippen LogP contribution is 2.28. The molecule has 6 heteroatoms. The third kappa shape index (κ3) is 4.79. The van der Waals surface area contributed by atoms with Crippen LogP contribution in [0.4, 0.5) is 0 Å². The molecule has 0 fully saturated rings. The van der Waals surface area contributed by atoms with Gasteiger partial charge in [-0.15, -0.1) is 0 Å². The van der Waals surface area contributed by atoms with Gasteiger partial charge in [0.2, 0.25) is 0 Å². The average Bonchev–Trinajstić information content (AvgIpc) is 2.43. The SMILES string of the molecule is CCCOc1ccc(C(=O)OCC(N)=O)cc1OCC. The van der Waals surface area contributed by atoms with Crippen molar-refractivity contribution >= 4 is 11.9 Å². The molecule has 20 heavy (non-hydrogen) atoms.